The fraction of sp³-hybridized carbons (Fsp3) is 0.276. The molecule has 3 heterocycles. The maximum absolute atomic E-state index is 13.4. The summed E-state index contributed by atoms with van der Waals surface area (Å²) in [5.41, 5.74) is 4.19. The van der Waals surface area contributed by atoms with E-state index in [1.165, 1.54) is 0 Å². The number of hydrogen-bond donors (Lipinski definition) is 0. The normalized spacial score (nSPS) is 16.8. The number of carbonyl (C=O) groups is 1. The largest absolute Gasteiger partial charge is 0.497 e. The van der Waals surface area contributed by atoms with E-state index in [1.807, 2.05) is 78.0 Å². The summed E-state index contributed by atoms with van der Waals surface area (Å²) in [4.78, 5) is 26.2. The summed E-state index contributed by atoms with van der Waals surface area (Å²) in [5.74, 6) is 0.894. The molecule has 1 amide bonds. The average Bonchev–Trinajstić information content (AvgIpc) is 3.06. The number of ether oxygens (including phenoxy) is 2. The highest BCUT2D eigenvalue weighted by Crippen LogP contribution is 2.21. The van der Waals surface area contributed by atoms with Gasteiger partial charge in [0.2, 0.25) is 5.91 Å². The molecule has 0 saturated carbocycles. The van der Waals surface area contributed by atoms with Crippen LogP contribution >= 0.6 is 0 Å². The molecule has 1 fully saturated rings. The zero-order chi connectivity index (χ0) is 24.7. The number of nitrogens with zero attached hydrogens (tertiary/aromatic N) is 4. The SMILES string of the molecule is COc1ccc(CN2CC(OCc3cccnc3)CN(Cc3ccnc4ccccc34)CC2=O)cc1. The zero-order valence-corrected chi connectivity index (χ0v) is 20.4. The third-order valence-corrected chi connectivity index (χ3v) is 6.47. The monoisotopic (exact) mass is 482 g/mol. The third-order valence-electron chi connectivity index (χ3n) is 6.47. The Labute approximate surface area is 211 Å². The number of amides is 1. The highest BCUT2D eigenvalue weighted by atomic mass is 16.5. The van der Waals surface area contributed by atoms with Crippen LogP contribution in [0.15, 0.2) is 85.3 Å². The maximum atomic E-state index is 13.4. The van der Waals surface area contributed by atoms with Crippen molar-refractivity contribution in [1.29, 1.82) is 0 Å². The Balaban J connectivity index is 1.36. The molecule has 1 aliphatic heterocycles. The van der Waals surface area contributed by atoms with Gasteiger partial charge in [-0.2, -0.15) is 0 Å². The van der Waals surface area contributed by atoms with Crippen molar-refractivity contribution in [3.63, 3.8) is 0 Å². The van der Waals surface area contributed by atoms with Crippen LogP contribution in [0.2, 0.25) is 0 Å². The molecular weight excluding hydrogens is 452 g/mol. The van der Waals surface area contributed by atoms with Crippen molar-refractivity contribution < 1.29 is 14.3 Å². The van der Waals surface area contributed by atoms with Crippen molar-refractivity contribution in [3.05, 3.63) is 102 Å². The van der Waals surface area contributed by atoms with Crippen molar-refractivity contribution in [2.75, 3.05) is 26.7 Å². The number of aromatic nitrogens is 2. The summed E-state index contributed by atoms with van der Waals surface area (Å²) in [7, 11) is 1.65. The van der Waals surface area contributed by atoms with Crippen LogP contribution in [-0.2, 0) is 29.2 Å². The number of methoxy groups -OCH3 is 1. The number of hydrogen-bond acceptors (Lipinski definition) is 6. The summed E-state index contributed by atoms with van der Waals surface area (Å²) < 4.78 is 11.6. The molecule has 1 atom stereocenters. The van der Waals surface area contributed by atoms with Crippen LogP contribution < -0.4 is 4.74 Å². The molecule has 184 valence electrons. The van der Waals surface area contributed by atoms with Gasteiger partial charge in [0.25, 0.3) is 0 Å². The Hall–Kier alpha value is -3.81. The van der Waals surface area contributed by atoms with Gasteiger partial charge in [-0.3, -0.25) is 19.7 Å². The van der Waals surface area contributed by atoms with Crippen LogP contribution in [0.1, 0.15) is 16.7 Å². The van der Waals surface area contributed by atoms with E-state index >= 15 is 0 Å². The predicted octanol–water partition coefficient (Wildman–Crippen LogP) is 4.07. The van der Waals surface area contributed by atoms with E-state index in [0.29, 0.717) is 39.3 Å². The first kappa shape index (κ1) is 23.9. The van der Waals surface area contributed by atoms with Crippen molar-refractivity contribution in [3.8, 4) is 5.75 Å². The Morgan fingerprint density at radius 2 is 1.78 bits per heavy atom. The van der Waals surface area contributed by atoms with Gasteiger partial charge in [0.1, 0.15) is 5.75 Å². The molecule has 1 saturated heterocycles. The Bertz CT molecular complexity index is 1290. The molecule has 7 nitrogen and oxygen atoms in total. The molecule has 0 spiro atoms. The fourth-order valence-electron chi connectivity index (χ4n) is 4.61. The van der Waals surface area contributed by atoms with Crippen molar-refractivity contribution in [2.45, 2.75) is 25.8 Å². The van der Waals surface area contributed by atoms with E-state index in [0.717, 1.165) is 33.3 Å². The quantitative estimate of drug-likeness (QED) is 0.377. The second kappa shape index (κ2) is 11.3. The van der Waals surface area contributed by atoms with Crippen LogP contribution in [0.5, 0.6) is 5.75 Å². The van der Waals surface area contributed by atoms with Gasteiger partial charge in [0.15, 0.2) is 0 Å². The van der Waals surface area contributed by atoms with Crippen LogP contribution in [0, 0.1) is 0 Å². The lowest BCUT2D eigenvalue weighted by Crippen LogP contribution is -2.37. The van der Waals surface area contributed by atoms with Crippen LogP contribution in [0.25, 0.3) is 10.9 Å². The molecule has 0 radical (unpaired) electrons. The third kappa shape index (κ3) is 5.87. The molecule has 0 N–H and O–H groups in total. The lowest BCUT2D eigenvalue weighted by molar-refractivity contribution is -0.132. The highest BCUT2D eigenvalue weighted by Gasteiger charge is 2.29. The summed E-state index contributed by atoms with van der Waals surface area (Å²) in [6.45, 7) is 3.15. The molecule has 1 aliphatic rings. The van der Waals surface area contributed by atoms with E-state index < -0.39 is 0 Å². The molecule has 2 aromatic heterocycles. The minimum absolute atomic E-state index is 0.0941. The van der Waals surface area contributed by atoms with E-state index in [1.54, 1.807) is 13.3 Å². The number of fused-ring (bicyclic) bond motifs is 1. The van der Waals surface area contributed by atoms with Gasteiger partial charge in [-0.25, -0.2) is 0 Å². The molecular formula is C29H30N4O3. The molecule has 0 aliphatic carbocycles. The van der Waals surface area contributed by atoms with Gasteiger partial charge < -0.3 is 14.4 Å². The fourth-order valence-corrected chi connectivity index (χ4v) is 4.61. The zero-order valence-electron chi connectivity index (χ0n) is 20.4. The van der Waals surface area contributed by atoms with E-state index in [4.69, 9.17) is 9.47 Å². The second-order valence-corrected chi connectivity index (χ2v) is 9.07. The number of pyridine rings is 2. The van der Waals surface area contributed by atoms with Crippen LogP contribution in [-0.4, -0.2) is 58.5 Å². The molecule has 2 aromatic carbocycles. The Morgan fingerprint density at radius 3 is 2.58 bits per heavy atom. The van der Waals surface area contributed by atoms with Gasteiger partial charge in [-0.05, 0) is 47.0 Å². The molecule has 1 unspecified atom stereocenters. The number of carbonyl (C=O) groups excluding carboxylic acids is 1. The first-order chi connectivity index (χ1) is 17.7. The first-order valence-electron chi connectivity index (χ1n) is 12.1. The summed E-state index contributed by atoms with van der Waals surface area (Å²) in [6, 6.07) is 21.9. The van der Waals surface area contributed by atoms with Crippen molar-refractivity contribution in [1.82, 2.24) is 19.8 Å². The van der Waals surface area contributed by atoms with Gasteiger partial charge in [-0.15, -0.1) is 0 Å². The standard InChI is InChI=1S/C29H30N4O3/c1-35-25-10-8-22(9-11-25)16-33-19-26(36-21-23-5-4-13-30-15-23)18-32(20-29(33)34)17-24-12-14-31-28-7-3-2-6-27(24)28/h2-15,26H,16-21H2,1H3. The Kier molecular flexibility index (Phi) is 7.50. The summed E-state index contributed by atoms with van der Waals surface area (Å²) in [6.07, 6.45) is 5.27. The summed E-state index contributed by atoms with van der Waals surface area (Å²) in [5, 5.41) is 1.11. The lowest BCUT2D eigenvalue weighted by Gasteiger charge is -2.25. The molecule has 7 heteroatoms. The lowest BCUT2D eigenvalue weighted by atomic mass is 10.1. The number of para-hydroxylation sites is 1. The van der Waals surface area contributed by atoms with E-state index in [2.05, 4.69) is 20.9 Å². The maximum Gasteiger partial charge on any atom is 0.237 e. The average molecular weight is 483 g/mol. The van der Waals surface area contributed by atoms with Crippen LogP contribution in [0.3, 0.4) is 0 Å². The van der Waals surface area contributed by atoms with Crippen LogP contribution in [0.4, 0.5) is 0 Å². The predicted molar refractivity (Wildman–Crippen MR) is 138 cm³/mol. The van der Waals surface area contributed by atoms with Gasteiger partial charge in [-0.1, -0.05) is 36.4 Å². The van der Waals surface area contributed by atoms with Gasteiger partial charge in [0, 0.05) is 50.2 Å². The molecule has 36 heavy (non-hydrogen) atoms. The Morgan fingerprint density at radius 1 is 0.917 bits per heavy atom. The van der Waals surface area contributed by atoms with Gasteiger partial charge >= 0.3 is 0 Å². The number of rotatable bonds is 8. The van der Waals surface area contributed by atoms with Crippen molar-refractivity contribution in [2.24, 2.45) is 0 Å². The summed E-state index contributed by atoms with van der Waals surface area (Å²) >= 11 is 0. The van der Waals surface area contributed by atoms with Gasteiger partial charge in [0.05, 0.1) is 31.9 Å². The minimum Gasteiger partial charge on any atom is -0.497 e. The number of benzene rings is 2. The molecule has 4 aromatic rings. The molecule has 5 rings (SSSR count). The smallest absolute Gasteiger partial charge is 0.237 e. The molecule has 0 bridgehead atoms. The first-order valence-corrected chi connectivity index (χ1v) is 12.1. The second-order valence-electron chi connectivity index (χ2n) is 9.07. The van der Waals surface area contributed by atoms with Crippen molar-refractivity contribution >= 4 is 16.8 Å². The van der Waals surface area contributed by atoms with E-state index in [-0.39, 0.29) is 12.0 Å². The topological polar surface area (TPSA) is 67.8 Å². The van der Waals surface area contributed by atoms with E-state index in [9.17, 15) is 4.79 Å². The highest BCUT2D eigenvalue weighted by molar-refractivity contribution is 5.82. The minimum atomic E-state index is -0.136.